The average Bonchev–Trinajstić information content (AvgIpc) is 3.89. The lowest BCUT2D eigenvalue weighted by Crippen LogP contribution is -2.32. The molecule has 0 N–H and O–H groups in total. The summed E-state index contributed by atoms with van der Waals surface area (Å²) in [6, 6.07) is 80.8. The highest BCUT2D eigenvalue weighted by molar-refractivity contribution is 6.16. The summed E-state index contributed by atoms with van der Waals surface area (Å²) in [4.78, 5) is 15.6. The molecule has 0 fully saturated rings. The molecule has 0 radical (unpaired) electrons. The Balaban J connectivity index is 0.896. The predicted octanol–water partition coefficient (Wildman–Crippen LogP) is 16.1. The molecule has 2 aliphatic carbocycles. The van der Waals surface area contributed by atoms with Crippen LogP contribution in [0.1, 0.15) is 22.3 Å². The quantitative estimate of drug-likeness (QED) is 0.177. The Hall–Kier alpha value is -8.99. The molecule has 3 aliphatic rings. The molecule has 314 valence electrons. The van der Waals surface area contributed by atoms with E-state index in [-0.39, 0.29) is 0 Å². The Morgan fingerprint density at radius 1 is 0.279 bits per heavy atom. The fraction of sp³-hybridized carbons (Fsp3) is 0.0156. The van der Waals surface area contributed by atoms with E-state index < -0.39 is 5.41 Å². The van der Waals surface area contributed by atoms with Gasteiger partial charge in [0.25, 0.3) is 0 Å². The van der Waals surface area contributed by atoms with Crippen molar-refractivity contribution in [2.24, 2.45) is 0 Å². The second-order valence-electron chi connectivity index (χ2n) is 18.2. The van der Waals surface area contributed by atoms with E-state index >= 15 is 0 Å². The van der Waals surface area contributed by atoms with Crippen LogP contribution in [0.2, 0.25) is 0 Å². The van der Waals surface area contributed by atoms with Crippen LogP contribution in [-0.4, -0.2) is 15.0 Å². The van der Waals surface area contributed by atoms with Gasteiger partial charge >= 0.3 is 0 Å². The number of hydrogen-bond acceptors (Lipinski definition) is 4. The molecule has 0 bridgehead atoms. The van der Waals surface area contributed by atoms with Crippen LogP contribution in [0.3, 0.4) is 0 Å². The van der Waals surface area contributed by atoms with Crippen molar-refractivity contribution in [1.82, 2.24) is 15.0 Å². The molecule has 0 atom stereocenters. The second kappa shape index (κ2) is 14.0. The van der Waals surface area contributed by atoms with Gasteiger partial charge in [0.15, 0.2) is 17.5 Å². The van der Waals surface area contributed by atoms with Crippen LogP contribution in [0, 0.1) is 0 Å². The minimum atomic E-state index is -0.641. The highest BCUT2D eigenvalue weighted by Gasteiger charge is 2.52. The van der Waals surface area contributed by atoms with E-state index in [9.17, 15) is 0 Å². The molecular formula is C64H37N3O. The molecule has 1 aromatic heterocycles. The summed E-state index contributed by atoms with van der Waals surface area (Å²) >= 11 is 0. The molecule has 11 aromatic carbocycles. The third kappa shape index (κ3) is 5.17. The molecule has 2 heterocycles. The third-order valence-electron chi connectivity index (χ3n) is 14.7. The van der Waals surface area contributed by atoms with Gasteiger partial charge < -0.3 is 4.74 Å². The van der Waals surface area contributed by atoms with Gasteiger partial charge in [-0.3, -0.25) is 0 Å². The molecule has 68 heavy (non-hydrogen) atoms. The van der Waals surface area contributed by atoms with Gasteiger partial charge in [0.2, 0.25) is 0 Å². The van der Waals surface area contributed by atoms with E-state index in [4.69, 9.17) is 19.7 Å². The number of nitrogens with zero attached hydrogens (tertiary/aromatic N) is 3. The van der Waals surface area contributed by atoms with Crippen LogP contribution < -0.4 is 4.74 Å². The Morgan fingerprint density at radius 3 is 1.47 bits per heavy atom. The zero-order valence-corrected chi connectivity index (χ0v) is 36.6. The van der Waals surface area contributed by atoms with Gasteiger partial charge in [-0.25, -0.2) is 15.0 Å². The van der Waals surface area contributed by atoms with Gasteiger partial charge in [0.1, 0.15) is 11.5 Å². The largest absolute Gasteiger partial charge is 0.455 e. The van der Waals surface area contributed by atoms with Crippen molar-refractivity contribution in [2.45, 2.75) is 5.41 Å². The summed E-state index contributed by atoms with van der Waals surface area (Å²) in [7, 11) is 0. The monoisotopic (exact) mass is 863 g/mol. The van der Waals surface area contributed by atoms with Gasteiger partial charge in [-0.15, -0.1) is 0 Å². The number of fused-ring (bicyclic) bond motifs is 16. The van der Waals surface area contributed by atoms with E-state index in [1.54, 1.807) is 0 Å². The first-order valence-electron chi connectivity index (χ1n) is 23.2. The third-order valence-corrected chi connectivity index (χ3v) is 14.7. The highest BCUT2D eigenvalue weighted by atomic mass is 16.5. The first kappa shape index (κ1) is 37.3. The molecule has 0 saturated heterocycles. The van der Waals surface area contributed by atoms with E-state index in [0.29, 0.717) is 17.5 Å². The van der Waals surface area contributed by atoms with Crippen LogP contribution in [0.25, 0.3) is 111 Å². The average molecular weight is 864 g/mol. The Bertz CT molecular complexity index is 4030. The van der Waals surface area contributed by atoms with Crippen molar-refractivity contribution in [1.29, 1.82) is 0 Å². The fourth-order valence-electron chi connectivity index (χ4n) is 11.7. The number of hydrogen-bond donors (Lipinski definition) is 0. The minimum absolute atomic E-state index is 0.621. The molecule has 15 rings (SSSR count). The van der Waals surface area contributed by atoms with Crippen molar-refractivity contribution >= 4 is 32.3 Å². The normalized spacial score (nSPS) is 13.2. The summed E-state index contributed by atoms with van der Waals surface area (Å²) in [6.45, 7) is 0. The number of aromatic nitrogens is 3. The van der Waals surface area contributed by atoms with Crippen molar-refractivity contribution < 1.29 is 4.74 Å². The molecule has 0 unspecified atom stereocenters. The molecule has 4 heteroatoms. The standard InChI is InChI=1S/C64H37N3O/c1-2-15-41(16-3-1)61-65-62(42-27-25-38(26-28-42)45-35-43-17-12-23-51-48-20-8-9-21-49(48)53(37-45)58(43)51)67-63(66-61)44-31-32-55-52(36-44)50-22-10-11-24-54(50)64(55)56-33-29-39-13-4-6-18-46(39)59(56)68-60-47-19-7-5-14-40(47)30-34-57(60)64/h1-37H. The van der Waals surface area contributed by atoms with Crippen LogP contribution in [-0.2, 0) is 5.41 Å². The maximum atomic E-state index is 7.17. The van der Waals surface area contributed by atoms with Crippen molar-refractivity contribution in [3.8, 4) is 90.2 Å². The van der Waals surface area contributed by atoms with Crippen molar-refractivity contribution in [2.75, 3.05) is 0 Å². The fourth-order valence-corrected chi connectivity index (χ4v) is 11.7. The maximum absolute atomic E-state index is 7.17. The summed E-state index contributed by atoms with van der Waals surface area (Å²) < 4.78 is 7.17. The topological polar surface area (TPSA) is 47.9 Å². The van der Waals surface area contributed by atoms with Crippen molar-refractivity contribution in [3.05, 3.63) is 247 Å². The number of benzene rings is 11. The van der Waals surface area contributed by atoms with Gasteiger partial charge in [-0.2, -0.15) is 0 Å². The second-order valence-corrected chi connectivity index (χ2v) is 18.2. The first-order chi connectivity index (χ1) is 33.7. The minimum Gasteiger partial charge on any atom is -0.455 e. The lowest BCUT2D eigenvalue weighted by atomic mass is 9.65. The van der Waals surface area contributed by atoms with Crippen LogP contribution in [0.5, 0.6) is 11.5 Å². The van der Waals surface area contributed by atoms with E-state index in [0.717, 1.165) is 72.0 Å². The lowest BCUT2D eigenvalue weighted by molar-refractivity contribution is 0.447. The highest BCUT2D eigenvalue weighted by Crippen LogP contribution is 2.64. The smallest absolute Gasteiger partial charge is 0.164 e. The van der Waals surface area contributed by atoms with E-state index in [1.807, 2.05) is 18.2 Å². The molecule has 0 saturated carbocycles. The summed E-state index contributed by atoms with van der Waals surface area (Å²) in [6.07, 6.45) is 0. The van der Waals surface area contributed by atoms with Crippen LogP contribution >= 0.6 is 0 Å². The maximum Gasteiger partial charge on any atom is 0.164 e. The molecule has 4 nitrogen and oxygen atoms in total. The van der Waals surface area contributed by atoms with Gasteiger partial charge in [-0.1, -0.05) is 206 Å². The number of rotatable bonds is 4. The molecule has 12 aromatic rings. The van der Waals surface area contributed by atoms with Gasteiger partial charge in [0, 0.05) is 38.6 Å². The lowest BCUT2D eigenvalue weighted by Gasteiger charge is -2.40. The molecular weight excluding hydrogens is 827 g/mol. The molecule has 0 amide bonds. The molecule has 1 aliphatic heterocycles. The zero-order chi connectivity index (χ0) is 44.5. The van der Waals surface area contributed by atoms with E-state index in [2.05, 4.69) is 206 Å². The molecule has 1 spiro atoms. The van der Waals surface area contributed by atoms with Gasteiger partial charge in [-0.05, 0) is 95.4 Å². The Kier molecular flexibility index (Phi) is 7.67. The summed E-state index contributed by atoms with van der Waals surface area (Å²) in [5.41, 5.74) is 16.7. The Morgan fingerprint density at radius 2 is 0.765 bits per heavy atom. The zero-order valence-electron chi connectivity index (χ0n) is 36.6. The predicted molar refractivity (Wildman–Crippen MR) is 276 cm³/mol. The van der Waals surface area contributed by atoms with Gasteiger partial charge in [0.05, 0.1) is 5.41 Å². The SMILES string of the molecule is c1ccc(-c2nc(-c3ccc(-c4cc5c6c(cccc6c4)-c4ccccc4-5)cc3)nc(-c3ccc4c(c3)-c3ccccc3C43c4ccc5ccccc5c4Oc4c3ccc3ccccc43)n2)cc1. The first-order valence-corrected chi connectivity index (χ1v) is 23.2. The summed E-state index contributed by atoms with van der Waals surface area (Å²) in [5, 5.41) is 7.07. The number of ether oxygens (including phenoxy) is 1. The van der Waals surface area contributed by atoms with Crippen LogP contribution in [0.15, 0.2) is 224 Å². The van der Waals surface area contributed by atoms with E-state index in [1.165, 1.54) is 55.3 Å². The Labute approximate surface area is 392 Å². The van der Waals surface area contributed by atoms with Crippen LogP contribution in [0.4, 0.5) is 0 Å². The van der Waals surface area contributed by atoms with Crippen molar-refractivity contribution in [3.63, 3.8) is 0 Å². The summed E-state index contributed by atoms with van der Waals surface area (Å²) in [5.74, 6) is 3.68.